The molecule has 2 aromatic heterocycles. The first-order chi connectivity index (χ1) is 20.0. The Morgan fingerprint density at radius 3 is 2.31 bits per heavy atom. The molecule has 1 amide bonds. The standard InChI is InChI=1S/C33H37N5O3S/c1-20-18-25(21(2)37(20)22-11-14-24(40-6)15-12-22)30-29(27-10-8-9-17-34-27)36-32(42)38(30)23-13-16-26(28(19-23)41-7)35-31(39)33(3,4)5/h8-19,29-30H,1-7H3,(H,35,39)(H,36,42)/t29-,30+/m0/s1. The van der Waals surface area contributed by atoms with Gasteiger partial charge in [0, 0.05) is 40.4 Å². The van der Waals surface area contributed by atoms with Crippen LogP contribution < -0.4 is 25.0 Å². The van der Waals surface area contributed by atoms with E-state index < -0.39 is 5.41 Å². The van der Waals surface area contributed by atoms with Crippen LogP contribution in [0.5, 0.6) is 11.5 Å². The van der Waals surface area contributed by atoms with E-state index in [0.29, 0.717) is 16.5 Å². The van der Waals surface area contributed by atoms with Crippen molar-refractivity contribution < 1.29 is 14.3 Å². The Kier molecular flexibility index (Phi) is 7.97. The van der Waals surface area contributed by atoms with Crippen molar-refractivity contribution in [1.29, 1.82) is 0 Å². The van der Waals surface area contributed by atoms with Gasteiger partial charge in [-0.2, -0.15) is 0 Å². The highest BCUT2D eigenvalue weighted by Gasteiger charge is 2.42. The molecule has 0 spiro atoms. The van der Waals surface area contributed by atoms with Crippen LogP contribution in [0.2, 0.25) is 0 Å². The third-order valence-corrected chi connectivity index (χ3v) is 7.92. The molecule has 2 N–H and O–H groups in total. The molecule has 2 atom stereocenters. The molecule has 1 aliphatic rings. The summed E-state index contributed by atoms with van der Waals surface area (Å²) in [6, 6.07) is 21.5. The van der Waals surface area contributed by atoms with Crippen LogP contribution in [0.15, 0.2) is 72.9 Å². The van der Waals surface area contributed by atoms with Crippen molar-refractivity contribution >= 4 is 34.6 Å². The Labute approximate surface area is 252 Å². The number of thiocarbonyl (C=S) groups is 1. The van der Waals surface area contributed by atoms with Crippen molar-refractivity contribution in [2.24, 2.45) is 5.41 Å². The van der Waals surface area contributed by atoms with Gasteiger partial charge in [0.2, 0.25) is 5.91 Å². The second kappa shape index (κ2) is 11.5. The van der Waals surface area contributed by atoms with Gasteiger partial charge in [-0.05, 0) is 86.2 Å². The fraction of sp³-hybridized carbons (Fsp3) is 0.303. The number of methoxy groups -OCH3 is 2. The molecule has 0 radical (unpaired) electrons. The minimum atomic E-state index is -0.544. The van der Waals surface area contributed by atoms with Crippen LogP contribution in [0.25, 0.3) is 5.69 Å². The second-order valence-electron chi connectivity index (χ2n) is 11.4. The second-order valence-corrected chi connectivity index (χ2v) is 11.8. The zero-order valence-electron chi connectivity index (χ0n) is 25.1. The van der Waals surface area contributed by atoms with E-state index in [1.165, 1.54) is 0 Å². The van der Waals surface area contributed by atoms with Crippen LogP contribution in [0, 0.1) is 19.3 Å². The van der Waals surface area contributed by atoms with E-state index in [0.717, 1.165) is 39.8 Å². The lowest BCUT2D eigenvalue weighted by Crippen LogP contribution is -2.30. The van der Waals surface area contributed by atoms with Crippen LogP contribution in [-0.2, 0) is 4.79 Å². The number of nitrogens with one attached hydrogen (secondary N) is 2. The summed E-state index contributed by atoms with van der Waals surface area (Å²) >= 11 is 5.97. The van der Waals surface area contributed by atoms with E-state index in [1.807, 2.05) is 69.3 Å². The molecule has 0 bridgehead atoms. The summed E-state index contributed by atoms with van der Waals surface area (Å²) in [5.74, 6) is 1.27. The number of hydrogen-bond acceptors (Lipinski definition) is 5. The first-order valence-electron chi connectivity index (χ1n) is 13.9. The van der Waals surface area contributed by atoms with E-state index in [4.69, 9.17) is 26.7 Å². The number of nitrogens with zero attached hydrogens (tertiary/aromatic N) is 3. The lowest BCUT2D eigenvalue weighted by molar-refractivity contribution is -0.123. The van der Waals surface area contributed by atoms with E-state index in [9.17, 15) is 4.79 Å². The summed E-state index contributed by atoms with van der Waals surface area (Å²) in [7, 11) is 3.27. The van der Waals surface area contributed by atoms with E-state index in [2.05, 4.69) is 52.1 Å². The van der Waals surface area contributed by atoms with Gasteiger partial charge in [0.05, 0.1) is 37.7 Å². The smallest absolute Gasteiger partial charge is 0.229 e. The Morgan fingerprint density at radius 1 is 0.976 bits per heavy atom. The van der Waals surface area contributed by atoms with Gasteiger partial charge in [-0.15, -0.1) is 0 Å². The number of carbonyl (C=O) groups is 1. The van der Waals surface area contributed by atoms with Crippen LogP contribution in [0.1, 0.15) is 55.5 Å². The molecular weight excluding hydrogens is 546 g/mol. The summed E-state index contributed by atoms with van der Waals surface area (Å²) in [6.07, 6.45) is 1.80. The van der Waals surface area contributed by atoms with Crippen molar-refractivity contribution in [3.05, 3.63) is 95.6 Å². The van der Waals surface area contributed by atoms with E-state index in [1.54, 1.807) is 20.4 Å². The summed E-state index contributed by atoms with van der Waals surface area (Å²) in [6.45, 7) is 9.87. The molecule has 4 aromatic rings. The van der Waals surface area contributed by atoms with E-state index in [-0.39, 0.29) is 18.0 Å². The zero-order valence-corrected chi connectivity index (χ0v) is 25.9. The molecule has 5 rings (SSSR count). The van der Waals surface area contributed by atoms with Crippen molar-refractivity contribution in [3.63, 3.8) is 0 Å². The number of rotatable bonds is 7. The molecule has 218 valence electrons. The monoisotopic (exact) mass is 583 g/mol. The van der Waals surface area contributed by atoms with Crippen molar-refractivity contribution in [1.82, 2.24) is 14.9 Å². The topological polar surface area (TPSA) is 80.7 Å². The molecule has 0 saturated carbocycles. The lowest BCUT2D eigenvalue weighted by atomic mass is 9.95. The van der Waals surface area contributed by atoms with Gasteiger partial charge in [0.15, 0.2) is 5.11 Å². The van der Waals surface area contributed by atoms with Gasteiger partial charge in [-0.25, -0.2) is 0 Å². The van der Waals surface area contributed by atoms with Crippen LogP contribution in [0.4, 0.5) is 11.4 Å². The van der Waals surface area contributed by atoms with E-state index >= 15 is 0 Å². The fourth-order valence-electron chi connectivity index (χ4n) is 5.41. The third-order valence-electron chi connectivity index (χ3n) is 7.61. The summed E-state index contributed by atoms with van der Waals surface area (Å²) in [5, 5.41) is 7.12. The Bertz CT molecular complexity index is 1610. The van der Waals surface area contributed by atoms with Crippen LogP contribution >= 0.6 is 12.2 Å². The number of benzene rings is 2. The van der Waals surface area contributed by atoms with Crippen molar-refractivity contribution in [2.75, 3.05) is 24.4 Å². The molecule has 1 fully saturated rings. The van der Waals surface area contributed by atoms with Gasteiger partial charge in [-0.3, -0.25) is 9.78 Å². The quantitative estimate of drug-likeness (QED) is 0.235. The number of pyridine rings is 1. The predicted molar refractivity (Wildman–Crippen MR) is 171 cm³/mol. The molecule has 1 aliphatic heterocycles. The number of aromatic nitrogens is 2. The maximum Gasteiger partial charge on any atom is 0.229 e. The first-order valence-corrected chi connectivity index (χ1v) is 14.3. The number of aryl methyl sites for hydroxylation is 1. The zero-order chi connectivity index (χ0) is 30.2. The van der Waals surface area contributed by atoms with Crippen molar-refractivity contribution in [3.8, 4) is 17.2 Å². The van der Waals surface area contributed by atoms with Crippen LogP contribution in [-0.4, -0.2) is 34.8 Å². The number of hydrogen-bond donors (Lipinski definition) is 2. The van der Waals surface area contributed by atoms with Gasteiger partial charge in [-0.1, -0.05) is 26.8 Å². The molecule has 0 aliphatic carbocycles. The number of amides is 1. The molecule has 1 saturated heterocycles. The average Bonchev–Trinajstić information content (AvgIpc) is 3.47. The van der Waals surface area contributed by atoms with Gasteiger partial charge >= 0.3 is 0 Å². The highest BCUT2D eigenvalue weighted by Crippen LogP contribution is 2.45. The average molecular weight is 584 g/mol. The minimum absolute atomic E-state index is 0.0917. The molecule has 42 heavy (non-hydrogen) atoms. The molecule has 8 nitrogen and oxygen atoms in total. The number of ether oxygens (including phenoxy) is 2. The molecule has 3 heterocycles. The lowest BCUT2D eigenvalue weighted by Gasteiger charge is -2.29. The predicted octanol–water partition coefficient (Wildman–Crippen LogP) is 6.67. The number of carbonyl (C=O) groups excluding carboxylic acids is 1. The highest BCUT2D eigenvalue weighted by molar-refractivity contribution is 7.80. The molecular formula is C33H37N5O3S. The maximum absolute atomic E-state index is 12.7. The Morgan fingerprint density at radius 2 is 1.69 bits per heavy atom. The summed E-state index contributed by atoms with van der Waals surface area (Å²) in [4.78, 5) is 19.5. The van der Waals surface area contributed by atoms with Gasteiger partial charge in [0.25, 0.3) is 0 Å². The maximum atomic E-state index is 12.7. The van der Waals surface area contributed by atoms with Crippen LogP contribution in [0.3, 0.4) is 0 Å². The highest BCUT2D eigenvalue weighted by atomic mass is 32.1. The molecule has 2 aromatic carbocycles. The number of anilines is 2. The SMILES string of the molecule is COc1ccc(-n2c(C)cc([C@@H]3[C@H](c4ccccn4)NC(=S)N3c3ccc(NC(=O)C(C)(C)C)c(OC)c3)c2C)cc1. The Hall–Kier alpha value is -4.37. The third kappa shape index (κ3) is 5.44. The fourth-order valence-corrected chi connectivity index (χ4v) is 5.75. The molecule has 9 heteroatoms. The summed E-state index contributed by atoms with van der Waals surface area (Å²) < 4.78 is 13.4. The van der Waals surface area contributed by atoms with Gasteiger partial charge < -0.3 is 29.6 Å². The summed E-state index contributed by atoms with van der Waals surface area (Å²) in [5.41, 5.74) is 6.16. The normalized spacial score (nSPS) is 16.7. The Balaban J connectivity index is 1.61. The van der Waals surface area contributed by atoms with Crippen molar-refractivity contribution in [2.45, 2.75) is 46.7 Å². The minimum Gasteiger partial charge on any atom is -0.497 e. The molecule has 0 unspecified atom stereocenters. The first kappa shape index (κ1) is 29.1. The van der Waals surface area contributed by atoms with Gasteiger partial charge in [0.1, 0.15) is 11.5 Å². The largest absolute Gasteiger partial charge is 0.497 e.